The lowest BCUT2D eigenvalue weighted by molar-refractivity contribution is 0.163. The number of hydrogen-bond acceptors (Lipinski definition) is 4. The van der Waals surface area contributed by atoms with Crippen LogP contribution in [0.3, 0.4) is 0 Å². The Labute approximate surface area is 164 Å². The van der Waals surface area contributed by atoms with Gasteiger partial charge in [0.2, 0.25) is 0 Å². The van der Waals surface area contributed by atoms with Crippen LogP contribution in [-0.4, -0.2) is 24.3 Å². The number of nitrogen functional groups attached to an aromatic ring is 1. The highest BCUT2D eigenvalue weighted by Crippen LogP contribution is 2.26. The summed E-state index contributed by atoms with van der Waals surface area (Å²) in [4.78, 5) is 0. The molecular formula is C17H22Cl3FN2O2. The summed E-state index contributed by atoms with van der Waals surface area (Å²) in [5.74, 6) is 0.154. The molecule has 0 saturated carbocycles. The Morgan fingerprint density at radius 1 is 1.24 bits per heavy atom. The van der Waals surface area contributed by atoms with Crippen LogP contribution in [-0.2, 0) is 0 Å². The van der Waals surface area contributed by atoms with Gasteiger partial charge in [0.25, 0.3) is 0 Å². The van der Waals surface area contributed by atoms with Crippen molar-refractivity contribution in [3.63, 3.8) is 0 Å². The van der Waals surface area contributed by atoms with Crippen LogP contribution in [0.5, 0.6) is 5.75 Å². The summed E-state index contributed by atoms with van der Waals surface area (Å²) in [5, 5.41) is 13.4. The maximum absolute atomic E-state index is 13.5. The second kappa shape index (κ2) is 11.4. The Bertz CT molecular complexity index is 624. The third-order valence-corrected chi connectivity index (χ3v) is 3.70. The van der Waals surface area contributed by atoms with Gasteiger partial charge in [0, 0.05) is 12.6 Å². The van der Waals surface area contributed by atoms with Crippen LogP contribution < -0.4 is 15.8 Å². The largest absolute Gasteiger partial charge is 0.492 e. The molecule has 140 valence electrons. The molecule has 0 fully saturated rings. The Balaban J connectivity index is 0.00000288. The third kappa shape index (κ3) is 7.26. The summed E-state index contributed by atoms with van der Waals surface area (Å²) >= 11 is 5.83. The van der Waals surface area contributed by atoms with Gasteiger partial charge in [-0.15, -0.1) is 24.8 Å². The van der Waals surface area contributed by atoms with Gasteiger partial charge in [0.15, 0.2) is 0 Å². The van der Waals surface area contributed by atoms with Crippen molar-refractivity contribution in [3.05, 3.63) is 58.9 Å². The van der Waals surface area contributed by atoms with Gasteiger partial charge in [-0.2, -0.15) is 0 Å². The highest BCUT2D eigenvalue weighted by Gasteiger charge is 2.14. The Morgan fingerprint density at radius 2 is 1.88 bits per heavy atom. The molecule has 4 nitrogen and oxygen atoms in total. The average molecular weight is 412 g/mol. The second-order valence-corrected chi connectivity index (χ2v) is 5.75. The van der Waals surface area contributed by atoms with E-state index in [1.54, 1.807) is 0 Å². The topological polar surface area (TPSA) is 67.5 Å². The van der Waals surface area contributed by atoms with E-state index in [-0.39, 0.29) is 48.1 Å². The van der Waals surface area contributed by atoms with Crippen LogP contribution in [0.1, 0.15) is 18.6 Å². The maximum Gasteiger partial charge on any atom is 0.147 e. The average Bonchev–Trinajstić information content (AvgIpc) is 2.56. The van der Waals surface area contributed by atoms with Crippen molar-refractivity contribution in [2.45, 2.75) is 19.1 Å². The minimum atomic E-state index is -0.887. The molecule has 0 bridgehead atoms. The van der Waals surface area contributed by atoms with Crippen LogP contribution in [0, 0.1) is 5.82 Å². The lowest BCUT2D eigenvalue weighted by Crippen LogP contribution is -2.34. The number of anilines is 1. The lowest BCUT2D eigenvalue weighted by atomic mass is 10.1. The standard InChI is InChI=1S/C17H20ClFN2O2.2ClH/c1-11(10-23-13-5-3-2-4-6-13)21-9-16(22)12-7-14(18)17(20)15(19)8-12;;/h2-8,11,16,21-22H,9-10,20H2,1H3;2*1H. The number of ether oxygens (including phenoxy) is 1. The van der Waals surface area contributed by atoms with E-state index in [0.717, 1.165) is 5.75 Å². The second-order valence-electron chi connectivity index (χ2n) is 5.35. The van der Waals surface area contributed by atoms with Gasteiger partial charge in [0.1, 0.15) is 18.2 Å². The van der Waals surface area contributed by atoms with Crippen molar-refractivity contribution in [2.75, 3.05) is 18.9 Å². The molecule has 0 aliphatic carbocycles. The monoisotopic (exact) mass is 410 g/mol. The molecule has 8 heteroatoms. The molecule has 0 aliphatic rings. The Kier molecular flexibility index (Phi) is 10.8. The molecule has 0 aliphatic heterocycles. The van der Waals surface area contributed by atoms with E-state index in [2.05, 4.69) is 5.32 Å². The summed E-state index contributed by atoms with van der Waals surface area (Å²) in [7, 11) is 0. The molecule has 25 heavy (non-hydrogen) atoms. The summed E-state index contributed by atoms with van der Waals surface area (Å²) in [6.07, 6.45) is -0.887. The van der Waals surface area contributed by atoms with Gasteiger partial charge in [-0.05, 0) is 36.8 Å². The van der Waals surface area contributed by atoms with Gasteiger partial charge in [-0.1, -0.05) is 29.8 Å². The Morgan fingerprint density at radius 3 is 2.48 bits per heavy atom. The van der Waals surface area contributed by atoms with E-state index in [1.807, 2.05) is 37.3 Å². The van der Waals surface area contributed by atoms with Crippen LogP contribution >= 0.6 is 36.4 Å². The first-order valence-electron chi connectivity index (χ1n) is 7.31. The number of halogens is 4. The van der Waals surface area contributed by atoms with Gasteiger partial charge in [-0.3, -0.25) is 0 Å². The molecule has 0 aromatic heterocycles. The summed E-state index contributed by atoms with van der Waals surface area (Å²) in [6, 6.07) is 12.1. The first kappa shape index (κ1) is 23.8. The first-order valence-corrected chi connectivity index (χ1v) is 7.69. The van der Waals surface area contributed by atoms with Crippen molar-refractivity contribution >= 4 is 42.1 Å². The van der Waals surface area contributed by atoms with Gasteiger partial charge in [0.05, 0.1) is 16.8 Å². The number of hydrogen-bond donors (Lipinski definition) is 3. The molecule has 2 rings (SSSR count). The fourth-order valence-electron chi connectivity index (χ4n) is 2.02. The van der Waals surface area contributed by atoms with Gasteiger partial charge in [-0.25, -0.2) is 4.39 Å². The van der Waals surface area contributed by atoms with Crippen molar-refractivity contribution in [1.82, 2.24) is 5.32 Å². The number of benzene rings is 2. The van der Waals surface area contributed by atoms with Crippen molar-refractivity contribution in [3.8, 4) is 5.75 Å². The molecule has 4 N–H and O–H groups in total. The van der Waals surface area contributed by atoms with Crippen molar-refractivity contribution in [2.24, 2.45) is 0 Å². The van der Waals surface area contributed by atoms with E-state index >= 15 is 0 Å². The van der Waals surface area contributed by atoms with Crippen LogP contribution in [0.15, 0.2) is 42.5 Å². The zero-order valence-electron chi connectivity index (χ0n) is 13.6. The SMILES string of the molecule is CC(COc1ccccc1)NCC(O)c1cc(F)c(N)c(Cl)c1.Cl.Cl. The summed E-state index contributed by atoms with van der Waals surface area (Å²) in [5.41, 5.74) is 5.72. The number of aliphatic hydroxyl groups is 1. The quantitative estimate of drug-likeness (QED) is 0.603. The molecule has 2 aromatic carbocycles. The number of aliphatic hydroxyl groups excluding tert-OH is 1. The van der Waals surface area contributed by atoms with E-state index in [9.17, 15) is 9.50 Å². The first-order chi connectivity index (χ1) is 11.0. The minimum Gasteiger partial charge on any atom is -0.492 e. The molecule has 0 amide bonds. The zero-order chi connectivity index (χ0) is 16.8. The molecule has 0 radical (unpaired) electrons. The molecule has 0 heterocycles. The van der Waals surface area contributed by atoms with Crippen molar-refractivity contribution in [1.29, 1.82) is 0 Å². The highest BCUT2D eigenvalue weighted by atomic mass is 35.5. The lowest BCUT2D eigenvalue weighted by Gasteiger charge is -2.18. The van der Waals surface area contributed by atoms with Crippen LogP contribution in [0.4, 0.5) is 10.1 Å². The predicted octanol–water partition coefficient (Wildman–Crippen LogP) is 4.00. The third-order valence-electron chi connectivity index (χ3n) is 3.39. The van der Waals surface area contributed by atoms with Crippen molar-refractivity contribution < 1.29 is 14.2 Å². The fourth-order valence-corrected chi connectivity index (χ4v) is 2.24. The van der Waals surface area contributed by atoms with Gasteiger partial charge < -0.3 is 20.9 Å². The minimum absolute atomic E-state index is 0. The number of para-hydroxylation sites is 1. The zero-order valence-corrected chi connectivity index (χ0v) is 16.0. The number of nitrogens with one attached hydrogen (secondary N) is 1. The molecule has 2 aromatic rings. The summed E-state index contributed by atoms with van der Waals surface area (Å²) < 4.78 is 19.2. The normalized spacial score (nSPS) is 12.5. The smallest absolute Gasteiger partial charge is 0.147 e. The molecule has 0 saturated heterocycles. The highest BCUT2D eigenvalue weighted by molar-refractivity contribution is 6.33. The Hall–Kier alpha value is -1.24. The summed E-state index contributed by atoms with van der Waals surface area (Å²) in [6.45, 7) is 2.64. The van der Waals surface area contributed by atoms with Crippen LogP contribution in [0.25, 0.3) is 0 Å². The molecule has 2 unspecified atom stereocenters. The van der Waals surface area contributed by atoms with E-state index in [1.165, 1.54) is 12.1 Å². The molecule has 0 spiro atoms. The van der Waals surface area contributed by atoms with E-state index < -0.39 is 11.9 Å². The molecule has 2 atom stereocenters. The number of nitrogens with two attached hydrogens (primary N) is 1. The van der Waals surface area contributed by atoms with Gasteiger partial charge >= 0.3 is 0 Å². The number of rotatable bonds is 7. The maximum atomic E-state index is 13.5. The fraction of sp³-hybridized carbons (Fsp3) is 0.294. The molecular weight excluding hydrogens is 390 g/mol. The van der Waals surface area contributed by atoms with Crippen LogP contribution in [0.2, 0.25) is 5.02 Å². The predicted molar refractivity (Wildman–Crippen MR) is 105 cm³/mol. The van der Waals surface area contributed by atoms with E-state index in [0.29, 0.717) is 12.2 Å². The van der Waals surface area contributed by atoms with E-state index in [4.69, 9.17) is 22.1 Å².